The Labute approximate surface area is 196 Å². The van der Waals surface area contributed by atoms with Crippen LogP contribution in [0.4, 0.5) is 5.69 Å². The van der Waals surface area contributed by atoms with Gasteiger partial charge in [-0.3, -0.25) is 9.52 Å². The second-order valence-corrected chi connectivity index (χ2v) is 10.8. The Kier molecular flexibility index (Phi) is 8.63. The Morgan fingerprint density at radius 1 is 1.00 bits per heavy atom. The maximum atomic E-state index is 11.3. The second-order valence-electron chi connectivity index (χ2n) is 8.62. The minimum absolute atomic E-state index is 0.0137. The molecule has 32 heavy (non-hydrogen) atoms. The SMILES string of the molecule is CC(=O)OCc1cc(C(C)(C)C)ccc1CNC(=S)NCc1ccc(NS(C)(=O)=O)cc1. The molecule has 0 aliphatic rings. The lowest BCUT2D eigenvalue weighted by Gasteiger charge is -2.22. The van der Waals surface area contributed by atoms with Gasteiger partial charge in [0.25, 0.3) is 0 Å². The second kappa shape index (κ2) is 10.8. The molecule has 2 aromatic rings. The highest BCUT2D eigenvalue weighted by atomic mass is 32.2. The highest BCUT2D eigenvalue weighted by Crippen LogP contribution is 2.25. The van der Waals surface area contributed by atoms with Crippen LogP contribution in [-0.2, 0) is 44.7 Å². The number of ether oxygens (including phenoxy) is 1. The molecule has 0 amide bonds. The molecule has 0 atom stereocenters. The van der Waals surface area contributed by atoms with Crippen molar-refractivity contribution in [2.24, 2.45) is 0 Å². The van der Waals surface area contributed by atoms with Crippen LogP contribution < -0.4 is 15.4 Å². The molecule has 0 fully saturated rings. The van der Waals surface area contributed by atoms with Gasteiger partial charge in [0, 0.05) is 25.7 Å². The van der Waals surface area contributed by atoms with E-state index in [1.54, 1.807) is 12.1 Å². The van der Waals surface area contributed by atoms with Gasteiger partial charge >= 0.3 is 5.97 Å². The number of hydrogen-bond acceptors (Lipinski definition) is 5. The molecule has 0 aromatic heterocycles. The lowest BCUT2D eigenvalue weighted by Crippen LogP contribution is -2.34. The van der Waals surface area contributed by atoms with E-state index >= 15 is 0 Å². The summed E-state index contributed by atoms with van der Waals surface area (Å²) in [6, 6.07) is 13.2. The third kappa shape index (κ3) is 8.84. The van der Waals surface area contributed by atoms with Crippen LogP contribution in [0.2, 0.25) is 0 Å². The summed E-state index contributed by atoms with van der Waals surface area (Å²) in [6.07, 6.45) is 1.11. The summed E-state index contributed by atoms with van der Waals surface area (Å²) < 4.78 is 30.2. The first-order valence-electron chi connectivity index (χ1n) is 10.2. The molecule has 0 radical (unpaired) electrons. The molecule has 3 N–H and O–H groups in total. The molecule has 174 valence electrons. The van der Waals surface area contributed by atoms with Crippen molar-refractivity contribution in [3.05, 3.63) is 64.7 Å². The third-order valence-corrected chi connectivity index (χ3v) is 5.55. The molecular weight excluding hydrogens is 446 g/mol. The van der Waals surface area contributed by atoms with E-state index in [0.29, 0.717) is 23.9 Å². The molecule has 2 rings (SSSR count). The topological polar surface area (TPSA) is 96.5 Å². The number of hydrogen-bond donors (Lipinski definition) is 3. The molecule has 0 heterocycles. The maximum Gasteiger partial charge on any atom is 0.302 e. The van der Waals surface area contributed by atoms with E-state index in [1.807, 2.05) is 18.2 Å². The fourth-order valence-corrected chi connectivity index (χ4v) is 3.61. The Balaban J connectivity index is 1.96. The number of rotatable bonds is 8. The maximum absolute atomic E-state index is 11.3. The summed E-state index contributed by atoms with van der Waals surface area (Å²) in [5.74, 6) is -0.319. The average Bonchev–Trinajstić information content (AvgIpc) is 2.68. The quantitative estimate of drug-likeness (QED) is 0.395. The van der Waals surface area contributed by atoms with Crippen LogP contribution in [0, 0.1) is 0 Å². The van der Waals surface area contributed by atoms with Crippen molar-refractivity contribution in [1.82, 2.24) is 10.6 Å². The first-order chi connectivity index (χ1) is 14.8. The van der Waals surface area contributed by atoms with Crippen molar-refractivity contribution >= 4 is 39.0 Å². The largest absolute Gasteiger partial charge is 0.461 e. The summed E-state index contributed by atoms with van der Waals surface area (Å²) in [6.45, 7) is 9.01. The number of nitrogens with one attached hydrogen (secondary N) is 3. The Hall–Kier alpha value is -2.65. The van der Waals surface area contributed by atoms with Crippen LogP contribution in [0.15, 0.2) is 42.5 Å². The lowest BCUT2D eigenvalue weighted by molar-refractivity contribution is -0.142. The Morgan fingerprint density at radius 2 is 1.62 bits per heavy atom. The van der Waals surface area contributed by atoms with Crippen molar-refractivity contribution in [3.63, 3.8) is 0 Å². The van der Waals surface area contributed by atoms with Gasteiger partial charge < -0.3 is 15.4 Å². The van der Waals surface area contributed by atoms with E-state index in [9.17, 15) is 13.2 Å². The molecule has 0 aliphatic heterocycles. The van der Waals surface area contributed by atoms with Gasteiger partial charge in [0.15, 0.2) is 5.11 Å². The van der Waals surface area contributed by atoms with E-state index in [0.717, 1.165) is 28.5 Å². The predicted octanol–water partition coefficient (Wildman–Crippen LogP) is 3.58. The van der Waals surface area contributed by atoms with Crippen LogP contribution in [0.5, 0.6) is 0 Å². The molecule has 0 saturated heterocycles. The summed E-state index contributed by atoms with van der Waals surface area (Å²) >= 11 is 5.39. The van der Waals surface area contributed by atoms with Gasteiger partial charge in [0.1, 0.15) is 6.61 Å². The Bertz CT molecular complexity index is 1060. The number of carbonyl (C=O) groups is 1. The predicted molar refractivity (Wildman–Crippen MR) is 132 cm³/mol. The lowest BCUT2D eigenvalue weighted by atomic mass is 9.85. The molecule has 9 heteroatoms. The Morgan fingerprint density at radius 3 is 2.19 bits per heavy atom. The summed E-state index contributed by atoms with van der Waals surface area (Å²) in [5, 5.41) is 6.81. The van der Waals surface area contributed by atoms with Gasteiger partial charge in [0.2, 0.25) is 10.0 Å². The van der Waals surface area contributed by atoms with Gasteiger partial charge in [-0.2, -0.15) is 0 Å². The number of carbonyl (C=O) groups excluding carboxylic acids is 1. The van der Waals surface area contributed by atoms with Crippen molar-refractivity contribution in [2.45, 2.75) is 52.8 Å². The number of thiocarbonyl (C=S) groups is 1. The van der Waals surface area contributed by atoms with Crippen molar-refractivity contribution in [2.75, 3.05) is 11.0 Å². The molecule has 2 aromatic carbocycles. The number of esters is 1. The monoisotopic (exact) mass is 477 g/mol. The van der Waals surface area contributed by atoms with E-state index < -0.39 is 10.0 Å². The first-order valence-corrected chi connectivity index (χ1v) is 12.5. The average molecular weight is 478 g/mol. The van der Waals surface area contributed by atoms with Crippen LogP contribution in [0.1, 0.15) is 49.9 Å². The number of benzene rings is 2. The van der Waals surface area contributed by atoms with Gasteiger partial charge in [-0.05, 0) is 52.0 Å². The van der Waals surface area contributed by atoms with Crippen LogP contribution >= 0.6 is 12.2 Å². The first kappa shape index (κ1) is 25.6. The van der Waals surface area contributed by atoms with Crippen molar-refractivity contribution in [3.8, 4) is 0 Å². The third-order valence-electron chi connectivity index (χ3n) is 4.65. The molecule has 0 saturated carbocycles. The van der Waals surface area contributed by atoms with Crippen LogP contribution in [0.25, 0.3) is 0 Å². The molecule has 7 nitrogen and oxygen atoms in total. The number of anilines is 1. The fourth-order valence-electron chi connectivity index (χ4n) is 2.90. The van der Waals surface area contributed by atoms with Crippen LogP contribution in [-0.4, -0.2) is 25.8 Å². The molecule has 0 unspecified atom stereocenters. The molecule has 0 spiro atoms. The highest BCUT2D eigenvalue weighted by Gasteiger charge is 2.16. The van der Waals surface area contributed by atoms with Gasteiger partial charge in [0.05, 0.1) is 6.26 Å². The van der Waals surface area contributed by atoms with Gasteiger partial charge in [-0.1, -0.05) is 51.1 Å². The van der Waals surface area contributed by atoms with Gasteiger partial charge in [-0.25, -0.2) is 8.42 Å². The fraction of sp³-hybridized carbons (Fsp3) is 0.391. The smallest absolute Gasteiger partial charge is 0.302 e. The van der Waals surface area contributed by atoms with Crippen molar-refractivity contribution < 1.29 is 17.9 Å². The molecule has 0 aliphatic carbocycles. The van der Waals surface area contributed by atoms with E-state index in [1.165, 1.54) is 6.92 Å². The van der Waals surface area contributed by atoms with Crippen LogP contribution in [0.3, 0.4) is 0 Å². The van der Waals surface area contributed by atoms with Gasteiger partial charge in [-0.15, -0.1) is 0 Å². The standard InChI is InChI=1S/C23H31N3O4S2/c1-16(27)30-15-19-12-20(23(2,3)4)9-8-18(19)14-25-22(31)24-13-17-6-10-21(11-7-17)26-32(5,28)29/h6-12,26H,13-15H2,1-5H3,(H2,24,25,31). The summed E-state index contributed by atoms with van der Waals surface area (Å²) in [4.78, 5) is 11.3. The zero-order chi connectivity index (χ0) is 23.9. The highest BCUT2D eigenvalue weighted by molar-refractivity contribution is 7.92. The summed E-state index contributed by atoms with van der Waals surface area (Å²) in [7, 11) is -3.30. The number of sulfonamides is 1. The minimum atomic E-state index is -3.30. The molecular formula is C23H31N3O4S2. The normalized spacial score (nSPS) is 11.5. The zero-order valence-corrected chi connectivity index (χ0v) is 20.7. The summed E-state index contributed by atoms with van der Waals surface area (Å²) in [5.41, 5.74) is 4.56. The van der Waals surface area contributed by atoms with E-state index in [-0.39, 0.29) is 18.0 Å². The zero-order valence-electron chi connectivity index (χ0n) is 19.1. The van der Waals surface area contributed by atoms with E-state index in [4.69, 9.17) is 17.0 Å². The van der Waals surface area contributed by atoms with E-state index in [2.05, 4.69) is 48.3 Å². The minimum Gasteiger partial charge on any atom is -0.461 e. The van der Waals surface area contributed by atoms with Crippen molar-refractivity contribution in [1.29, 1.82) is 0 Å². The molecule has 0 bridgehead atoms.